The Morgan fingerprint density at radius 2 is 1.65 bits per heavy atom. The average molecular weight is 352 g/mol. The second kappa shape index (κ2) is 7.78. The Morgan fingerprint density at radius 1 is 0.885 bits per heavy atom. The Balaban J connectivity index is 2.12. The van der Waals surface area contributed by atoms with Gasteiger partial charge in [-0.1, -0.05) is 30.3 Å². The van der Waals surface area contributed by atoms with E-state index < -0.39 is 5.97 Å². The third kappa shape index (κ3) is 3.57. The maximum absolute atomic E-state index is 12.1. The third-order valence-corrected chi connectivity index (χ3v) is 4.06. The SMILES string of the molecule is COC(=O)c1cc(OCc2ccccc2)c2c(OC)cc(OC)cc2c1. The van der Waals surface area contributed by atoms with E-state index in [1.807, 2.05) is 36.4 Å². The van der Waals surface area contributed by atoms with Crippen LogP contribution in [0.15, 0.2) is 54.6 Å². The summed E-state index contributed by atoms with van der Waals surface area (Å²) in [6.07, 6.45) is 0. The normalized spacial score (nSPS) is 10.4. The van der Waals surface area contributed by atoms with E-state index in [1.165, 1.54) is 7.11 Å². The minimum absolute atomic E-state index is 0.371. The first-order valence-corrected chi connectivity index (χ1v) is 8.11. The number of benzene rings is 3. The minimum atomic E-state index is -0.432. The van der Waals surface area contributed by atoms with Gasteiger partial charge in [-0.3, -0.25) is 0 Å². The number of esters is 1. The maximum atomic E-state index is 12.1. The van der Waals surface area contributed by atoms with Gasteiger partial charge in [0.25, 0.3) is 0 Å². The molecule has 0 aliphatic heterocycles. The van der Waals surface area contributed by atoms with Crippen molar-refractivity contribution in [3.63, 3.8) is 0 Å². The lowest BCUT2D eigenvalue weighted by Crippen LogP contribution is -2.04. The first-order chi connectivity index (χ1) is 12.7. The van der Waals surface area contributed by atoms with Crippen molar-refractivity contribution in [3.8, 4) is 17.2 Å². The molecule has 0 aliphatic rings. The molecule has 0 amide bonds. The Kier molecular flexibility index (Phi) is 5.27. The second-order valence-corrected chi connectivity index (χ2v) is 5.67. The van der Waals surface area contributed by atoms with Crippen LogP contribution in [0.4, 0.5) is 0 Å². The molecular weight excluding hydrogens is 332 g/mol. The van der Waals surface area contributed by atoms with Crippen LogP contribution in [-0.2, 0) is 11.3 Å². The lowest BCUT2D eigenvalue weighted by molar-refractivity contribution is 0.0600. The number of methoxy groups -OCH3 is 3. The van der Waals surface area contributed by atoms with E-state index in [4.69, 9.17) is 18.9 Å². The number of ether oxygens (including phenoxy) is 4. The molecule has 0 saturated carbocycles. The van der Waals surface area contributed by atoms with E-state index in [0.29, 0.717) is 29.4 Å². The summed E-state index contributed by atoms with van der Waals surface area (Å²) in [5, 5.41) is 1.55. The van der Waals surface area contributed by atoms with Crippen LogP contribution in [0.1, 0.15) is 15.9 Å². The second-order valence-electron chi connectivity index (χ2n) is 5.67. The summed E-state index contributed by atoms with van der Waals surface area (Å²) >= 11 is 0. The van der Waals surface area contributed by atoms with E-state index in [1.54, 1.807) is 32.4 Å². The van der Waals surface area contributed by atoms with Crippen LogP contribution in [0.2, 0.25) is 0 Å². The van der Waals surface area contributed by atoms with Crippen molar-refractivity contribution in [1.29, 1.82) is 0 Å². The van der Waals surface area contributed by atoms with Gasteiger partial charge >= 0.3 is 5.97 Å². The van der Waals surface area contributed by atoms with Gasteiger partial charge in [-0.15, -0.1) is 0 Å². The van der Waals surface area contributed by atoms with Crippen molar-refractivity contribution in [1.82, 2.24) is 0 Å². The summed E-state index contributed by atoms with van der Waals surface area (Å²) in [5.41, 5.74) is 1.43. The highest BCUT2D eigenvalue weighted by molar-refractivity contribution is 6.01. The molecule has 0 unspecified atom stereocenters. The Labute approximate surface area is 152 Å². The van der Waals surface area contributed by atoms with E-state index >= 15 is 0 Å². The molecular formula is C21H20O5. The van der Waals surface area contributed by atoms with Crippen LogP contribution < -0.4 is 14.2 Å². The molecule has 0 spiro atoms. The van der Waals surface area contributed by atoms with Crippen LogP contribution in [0, 0.1) is 0 Å². The van der Waals surface area contributed by atoms with Crippen molar-refractivity contribution in [2.75, 3.05) is 21.3 Å². The molecule has 3 rings (SSSR count). The van der Waals surface area contributed by atoms with Crippen molar-refractivity contribution >= 4 is 16.7 Å². The zero-order valence-corrected chi connectivity index (χ0v) is 14.9. The van der Waals surface area contributed by atoms with Crippen molar-refractivity contribution in [2.24, 2.45) is 0 Å². The largest absolute Gasteiger partial charge is 0.497 e. The fourth-order valence-corrected chi connectivity index (χ4v) is 2.77. The van der Waals surface area contributed by atoms with Crippen LogP contribution in [0.3, 0.4) is 0 Å². The molecule has 0 aliphatic carbocycles. The fraction of sp³-hybridized carbons (Fsp3) is 0.190. The van der Waals surface area contributed by atoms with Crippen LogP contribution in [0.5, 0.6) is 17.2 Å². The molecule has 0 heterocycles. The van der Waals surface area contributed by atoms with E-state index in [0.717, 1.165) is 16.3 Å². The summed E-state index contributed by atoms with van der Waals surface area (Å²) in [5.74, 6) is 1.36. The van der Waals surface area contributed by atoms with Gasteiger partial charge in [-0.05, 0) is 29.1 Å². The van der Waals surface area contributed by atoms with Crippen molar-refractivity contribution in [3.05, 3.63) is 65.7 Å². The molecule has 5 heteroatoms. The van der Waals surface area contributed by atoms with Gasteiger partial charge in [0.2, 0.25) is 0 Å². The smallest absolute Gasteiger partial charge is 0.338 e. The van der Waals surface area contributed by atoms with Gasteiger partial charge in [-0.2, -0.15) is 0 Å². The molecule has 3 aromatic rings. The topological polar surface area (TPSA) is 54.0 Å². The van der Waals surface area contributed by atoms with Crippen LogP contribution in [-0.4, -0.2) is 27.3 Å². The first kappa shape index (κ1) is 17.6. The summed E-state index contributed by atoms with van der Waals surface area (Å²) in [6.45, 7) is 0.371. The van der Waals surface area contributed by atoms with E-state index in [9.17, 15) is 4.79 Å². The predicted molar refractivity (Wildman–Crippen MR) is 99.2 cm³/mol. The van der Waals surface area contributed by atoms with E-state index in [-0.39, 0.29) is 0 Å². The van der Waals surface area contributed by atoms with Crippen molar-refractivity contribution < 1.29 is 23.7 Å². The van der Waals surface area contributed by atoms with Crippen molar-refractivity contribution in [2.45, 2.75) is 6.61 Å². The Bertz CT molecular complexity index is 919. The zero-order valence-electron chi connectivity index (χ0n) is 14.9. The highest BCUT2D eigenvalue weighted by Crippen LogP contribution is 2.39. The molecule has 0 N–H and O–H groups in total. The highest BCUT2D eigenvalue weighted by atomic mass is 16.5. The molecule has 0 bridgehead atoms. The number of rotatable bonds is 6. The summed E-state index contributed by atoms with van der Waals surface area (Å²) < 4.78 is 21.7. The highest BCUT2D eigenvalue weighted by Gasteiger charge is 2.16. The van der Waals surface area contributed by atoms with Gasteiger partial charge < -0.3 is 18.9 Å². The minimum Gasteiger partial charge on any atom is -0.497 e. The lowest BCUT2D eigenvalue weighted by Gasteiger charge is -2.15. The van der Waals surface area contributed by atoms with E-state index in [2.05, 4.69) is 0 Å². The molecule has 0 aromatic heterocycles. The van der Waals surface area contributed by atoms with Gasteiger partial charge in [0.15, 0.2) is 0 Å². The summed E-state index contributed by atoms with van der Waals surface area (Å²) in [7, 11) is 4.52. The Morgan fingerprint density at radius 3 is 2.31 bits per heavy atom. The summed E-state index contributed by atoms with van der Waals surface area (Å²) in [4.78, 5) is 12.1. The molecule has 0 atom stereocenters. The van der Waals surface area contributed by atoms with Gasteiger partial charge in [0.1, 0.15) is 23.9 Å². The zero-order chi connectivity index (χ0) is 18.5. The van der Waals surface area contributed by atoms with Crippen LogP contribution in [0.25, 0.3) is 10.8 Å². The third-order valence-electron chi connectivity index (χ3n) is 4.06. The monoisotopic (exact) mass is 352 g/mol. The van der Waals surface area contributed by atoms with Gasteiger partial charge in [-0.25, -0.2) is 4.79 Å². The number of hydrogen-bond acceptors (Lipinski definition) is 5. The quantitative estimate of drug-likeness (QED) is 0.622. The molecule has 0 saturated heterocycles. The molecule has 3 aromatic carbocycles. The maximum Gasteiger partial charge on any atom is 0.338 e. The average Bonchev–Trinajstić information content (AvgIpc) is 2.70. The van der Waals surface area contributed by atoms with Crippen LogP contribution >= 0.6 is 0 Å². The number of carbonyl (C=O) groups is 1. The number of fused-ring (bicyclic) bond motifs is 1. The lowest BCUT2D eigenvalue weighted by atomic mass is 10.0. The number of carbonyl (C=O) groups excluding carboxylic acids is 1. The van der Waals surface area contributed by atoms with Gasteiger partial charge in [0.05, 0.1) is 32.3 Å². The molecule has 0 fully saturated rings. The number of hydrogen-bond donors (Lipinski definition) is 0. The molecule has 5 nitrogen and oxygen atoms in total. The molecule has 26 heavy (non-hydrogen) atoms. The van der Waals surface area contributed by atoms with Gasteiger partial charge in [0, 0.05) is 6.07 Å². The summed E-state index contributed by atoms with van der Waals surface area (Å²) in [6, 6.07) is 16.8. The fourth-order valence-electron chi connectivity index (χ4n) is 2.77. The molecule has 134 valence electrons. The predicted octanol–water partition coefficient (Wildman–Crippen LogP) is 4.22. The Hall–Kier alpha value is -3.21. The standard InChI is InChI=1S/C21H20O5/c1-23-17-10-15-9-16(21(22)25-3)11-19(20(15)18(12-17)24-2)26-13-14-7-5-4-6-8-14/h4-12H,13H2,1-3H3. The molecule has 0 radical (unpaired) electrons. The first-order valence-electron chi connectivity index (χ1n) is 8.11.